The highest BCUT2D eigenvalue weighted by Crippen LogP contribution is 2.27. The van der Waals surface area contributed by atoms with Gasteiger partial charge in [-0.2, -0.15) is 0 Å². The van der Waals surface area contributed by atoms with Gasteiger partial charge in [0.1, 0.15) is 0 Å². The molecule has 1 rings (SSSR count). The van der Waals surface area contributed by atoms with Crippen molar-refractivity contribution in [1.29, 1.82) is 0 Å². The predicted molar refractivity (Wildman–Crippen MR) is 65.2 cm³/mol. The Morgan fingerprint density at radius 1 is 1.20 bits per heavy atom. The van der Waals surface area contributed by atoms with Crippen LogP contribution in [0.2, 0.25) is 0 Å². The summed E-state index contributed by atoms with van der Waals surface area (Å²) in [5.41, 5.74) is 0.0256. The molecule has 0 radical (unpaired) electrons. The molecule has 2 nitrogen and oxygen atoms in total. The number of rotatable bonds is 6. The van der Waals surface area contributed by atoms with Crippen LogP contribution in [-0.2, 0) is 4.74 Å². The van der Waals surface area contributed by atoms with Crippen molar-refractivity contribution >= 4 is 0 Å². The van der Waals surface area contributed by atoms with Crippen LogP contribution in [-0.4, -0.2) is 24.3 Å². The SMILES string of the molecule is CCCCCNC1CC(OC(C)(C)C)C1. The Balaban J connectivity index is 1.96. The molecule has 90 valence electrons. The maximum atomic E-state index is 5.89. The van der Waals surface area contributed by atoms with E-state index in [2.05, 4.69) is 33.0 Å². The molecule has 15 heavy (non-hydrogen) atoms. The first kappa shape index (κ1) is 13.0. The standard InChI is InChI=1S/C13H27NO/c1-5-6-7-8-14-11-9-12(10-11)15-13(2,3)4/h11-12,14H,5-10H2,1-4H3. The van der Waals surface area contributed by atoms with Gasteiger partial charge in [-0.3, -0.25) is 0 Å². The normalized spacial score (nSPS) is 26.4. The van der Waals surface area contributed by atoms with Gasteiger partial charge < -0.3 is 10.1 Å². The third-order valence-corrected chi connectivity index (χ3v) is 2.83. The Morgan fingerprint density at radius 2 is 1.87 bits per heavy atom. The molecule has 0 atom stereocenters. The highest BCUT2D eigenvalue weighted by atomic mass is 16.5. The topological polar surface area (TPSA) is 21.3 Å². The Morgan fingerprint density at radius 3 is 2.40 bits per heavy atom. The van der Waals surface area contributed by atoms with Crippen LogP contribution in [0.25, 0.3) is 0 Å². The third kappa shape index (κ3) is 5.53. The van der Waals surface area contributed by atoms with Gasteiger partial charge in [0.05, 0.1) is 11.7 Å². The van der Waals surface area contributed by atoms with Gasteiger partial charge in [0.15, 0.2) is 0 Å². The van der Waals surface area contributed by atoms with E-state index >= 15 is 0 Å². The largest absolute Gasteiger partial charge is 0.373 e. The van der Waals surface area contributed by atoms with Crippen molar-refractivity contribution < 1.29 is 4.74 Å². The molecule has 0 amide bonds. The second kappa shape index (κ2) is 5.86. The average molecular weight is 213 g/mol. The van der Waals surface area contributed by atoms with Crippen molar-refractivity contribution in [1.82, 2.24) is 5.32 Å². The van der Waals surface area contributed by atoms with Gasteiger partial charge in [0, 0.05) is 6.04 Å². The molecule has 0 spiro atoms. The molecular formula is C13H27NO. The smallest absolute Gasteiger partial charge is 0.0612 e. The summed E-state index contributed by atoms with van der Waals surface area (Å²) in [5, 5.41) is 3.59. The number of ether oxygens (including phenoxy) is 1. The van der Waals surface area contributed by atoms with Crippen molar-refractivity contribution in [2.45, 2.75) is 77.5 Å². The first-order chi connectivity index (χ1) is 7.01. The minimum absolute atomic E-state index is 0.0256. The van der Waals surface area contributed by atoms with Gasteiger partial charge in [-0.1, -0.05) is 19.8 Å². The fraction of sp³-hybridized carbons (Fsp3) is 1.00. The van der Waals surface area contributed by atoms with E-state index in [1.54, 1.807) is 0 Å². The van der Waals surface area contributed by atoms with Gasteiger partial charge in [0.2, 0.25) is 0 Å². The van der Waals surface area contributed by atoms with Gasteiger partial charge >= 0.3 is 0 Å². The van der Waals surface area contributed by atoms with Crippen LogP contribution in [0.1, 0.15) is 59.8 Å². The molecular weight excluding hydrogens is 186 g/mol. The monoisotopic (exact) mass is 213 g/mol. The number of nitrogens with one attached hydrogen (secondary N) is 1. The van der Waals surface area contributed by atoms with Crippen molar-refractivity contribution in [3.63, 3.8) is 0 Å². The molecule has 1 saturated carbocycles. The van der Waals surface area contributed by atoms with Crippen LogP contribution in [0.3, 0.4) is 0 Å². The van der Waals surface area contributed by atoms with E-state index in [1.807, 2.05) is 0 Å². The summed E-state index contributed by atoms with van der Waals surface area (Å²) in [4.78, 5) is 0. The van der Waals surface area contributed by atoms with Crippen LogP contribution in [0.5, 0.6) is 0 Å². The zero-order valence-corrected chi connectivity index (χ0v) is 10.8. The zero-order valence-electron chi connectivity index (χ0n) is 10.8. The van der Waals surface area contributed by atoms with Crippen LogP contribution in [0, 0.1) is 0 Å². The summed E-state index contributed by atoms with van der Waals surface area (Å²) >= 11 is 0. The number of hydrogen-bond acceptors (Lipinski definition) is 2. The molecule has 0 aromatic carbocycles. The average Bonchev–Trinajstić information content (AvgIpc) is 2.05. The molecule has 0 aromatic heterocycles. The van der Waals surface area contributed by atoms with Crippen LogP contribution >= 0.6 is 0 Å². The zero-order chi connectivity index (χ0) is 11.3. The number of hydrogen-bond donors (Lipinski definition) is 1. The van der Waals surface area contributed by atoms with E-state index in [1.165, 1.54) is 38.6 Å². The first-order valence-electron chi connectivity index (χ1n) is 6.42. The van der Waals surface area contributed by atoms with Crippen molar-refractivity contribution in [2.24, 2.45) is 0 Å². The maximum absolute atomic E-state index is 5.89. The highest BCUT2D eigenvalue weighted by molar-refractivity contribution is 4.87. The summed E-state index contributed by atoms with van der Waals surface area (Å²) in [6.07, 6.45) is 6.86. The van der Waals surface area contributed by atoms with E-state index in [0.29, 0.717) is 12.1 Å². The Hall–Kier alpha value is -0.0800. The minimum atomic E-state index is 0.0256. The lowest BCUT2D eigenvalue weighted by Crippen LogP contribution is -2.48. The Labute approximate surface area is 94.8 Å². The third-order valence-electron chi connectivity index (χ3n) is 2.83. The maximum Gasteiger partial charge on any atom is 0.0612 e. The second-order valence-corrected chi connectivity index (χ2v) is 5.68. The van der Waals surface area contributed by atoms with Crippen molar-refractivity contribution in [3.8, 4) is 0 Å². The highest BCUT2D eigenvalue weighted by Gasteiger charge is 2.32. The fourth-order valence-corrected chi connectivity index (χ4v) is 2.01. The van der Waals surface area contributed by atoms with Gasteiger partial charge in [-0.25, -0.2) is 0 Å². The lowest BCUT2D eigenvalue weighted by Gasteiger charge is -2.39. The van der Waals surface area contributed by atoms with E-state index in [4.69, 9.17) is 4.74 Å². The van der Waals surface area contributed by atoms with Crippen LogP contribution < -0.4 is 5.32 Å². The molecule has 0 bridgehead atoms. The van der Waals surface area contributed by atoms with Crippen molar-refractivity contribution in [2.75, 3.05) is 6.54 Å². The molecule has 1 aliphatic carbocycles. The van der Waals surface area contributed by atoms with Crippen LogP contribution in [0.15, 0.2) is 0 Å². The summed E-state index contributed by atoms with van der Waals surface area (Å²) in [6.45, 7) is 9.83. The van der Waals surface area contributed by atoms with Crippen molar-refractivity contribution in [3.05, 3.63) is 0 Å². The predicted octanol–water partition coefficient (Wildman–Crippen LogP) is 3.11. The van der Waals surface area contributed by atoms with E-state index in [9.17, 15) is 0 Å². The van der Waals surface area contributed by atoms with Gasteiger partial charge in [-0.05, 0) is 46.6 Å². The quantitative estimate of drug-likeness (QED) is 0.685. The molecule has 2 heteroatoms. The summed E-state index contributed by atoms with van der Waals surface area (Å²) in [7, 11) is 0. The summed E-state index contributed by atoms with van der Waals surface area (Å²) < 4.78 is 5.89. The molecule has 0 aliphatic heterocycles. The minimum Gasteiger partial charge on any atom is -0.373 e. The first-order valence-corrected chi connectivity index (χ1v) is 6.42. The lowest BCUT2D eigenvalue weighted by atomic mass is 9.88. The Kier molecular flexibility index (Phi) is 5.07. The Bertz CT molecular complexity index is 168. The molecule has 1 N–H and O–H groups in total. The van der Waals surface area contributed by atoms with Gasteiger partial charge in [-0.15, -0.1) is 0 Å². The van der Waals surface area contributed by atoms with E-state index in [-0.39, 0.29) is 5.60 Å². The van der Waals surface area contributed by atoms with E-state index < -0.39 is 0 Å². The molecule has 1 aliphatic rings. The molecule has 0 saturated heterocycles. The summed E-state index contributed by atoms with van der Waals surface area (Å²) in [5.74, 6) is 0. The lowest BCUT2D eigenvalue weighted by molar-refractivity contribution is -0.102. The van der Waals surface area contributed by atoms with E-state index in [0.717, 1.165) is 0 Å². The number of unbranched alkanes of at least 4 members (excludes halogenated alkanes) is 2. The second-order valence-electron chi connectivity index (χ2n) is 5.68. The molecule has 0 heterocycles. The summed E-state index contributed by atoms with van der Waals surface area (Å²) in [6, 6.07) is 0.717. The molecule has 1 fully saturated rings. The van der Waals surface area contributed by atoms with Gasteiger partial charge in [0.25, 0.3) is 0 Å². The molecule has 0 aromatic rings. The fourth-order valence-electron chi connectivity index (χ4n) is 2.01. The van der Waals surface area contributed by atoms with Crippen LogP contribution in [0.4, 0.5) is 0 Å². The molecule has 0 unspecified atom stereocenters.